The molecule has 3 aromatic rings. The lowest BCUT2D eigenvalue weighted by Gasteiger charge is -2.10. The average molecular weight is 324 g/mol. The van der Waals surface area contributed by atoms with Crippen LogP contribution in [0.4, 0.5) is 5.95 Å². The number of ether oxygens (including phenoxy) is 2. The van der Waals surface area contributed by atoms with E-state index in [0.29, 0.717) is 24.1 Å². The summed E-state index contributed by atoms with van der Waals surface area (Å²) in [6, 6.07) is 11.7. The van der Waals surface area contributed by atoms with Crippen LogP contribution in [-0.4, -0.2) is 29.9 Å². The normalized spacial score (nSPS) is 11.1. The van der Waals surface area contributed by atoms with Gasteiger partial charge in [0.25, 0.3) is 0 Å². The number of imidazole rings is 1. The summed E-state index contributed by atoms with van der Waals surface area (Å²) in [4.78, 5) is 7.63. The van der Waals surface area contributed by atoms with Crippen LogP contribution >= 0.6 is 0 Å². The van der Waals surface area contributed by atoms with Gasteiger partial charge in [-0.1, -0.05) is 12.1 Å². The number of H-pyrrole nitrogens is 1. The van der Waals surface area contributed by atoms with Crippen LogP contribution in [0.25, 0.3) is 11.0 Å². The number of hydrazone groups is 1. The Morgan fingerprint density at radius 3 is 2.96 bits per heavy atom. The fraction of sp³-hybridized carbons (Fsp3) is 0.222. The van der Waals surface area contributed by atoms with Crippen molar-refractivity contribution in [2.45, 2.75) is 13.8 Å². The fourth-order valence-electron chi connectivity index (χ4n) is 2.46. The summed E-state index contributed by atoms with van der Waals surface area (Å²) in [6.45, 7) is 4.56. The smallest absolute Gasteiger partial charge is 0.222 e. The van der Waals surface area contributed by atoms with E-state index in [1.54, 1.807) is 13.3 Å². The Kier molecular flexibility index (Phi) is 4.65. The van der Waals surface area contributed by atoms with Gasteiger partial charge in [0.15, 0.2) is 11.5 Å². The molecular weight excluding hydrogens is 304 g/mol. The molecule has 0 fully saturated rings. The quantitative estimate of drug-likeness (QED) is 0.535. The van der Waals surface area contributed by atoms with Crippen molar-refractivity contribution in [2.75, 3.05) is 19.1 Å². The third-order valence-corrected chi connectivity index (χ3v) is 3.52. The Balaban J connectivity index is 1.79. The average Bonchev–Trinajstić information content (AvgIpc) is 2.97. The summed E-state index contributed by atoms with van der Waals surface area (Å²) in [6.07, 6.45) is 1.68. The first-order valence-electron chi connectivity index (χ1n) is 7.76. The highest BCUT2D eigenvalue weighted by molar-refractivity contribution is 5.85. The Morgan fingerprint density at radius 2 is 2.17 bits per heavy atom. The molecule has 0 aliphatic rings. The van der Waals surface area contributed by atoms with E-state index in [0.717, 1.165) is 16.6 Å². The first-order valence-corrected chi connectivity index (χ1v) is 7.76. The van der Waals surface area contributed by atoms with E-state index in [2.05, 4.69) is 20.5 Å². The van der Waals surface area contributed by atoms with Gasteiger partial charge >= 0.3 is 0 Å². The van der Waals surface area contributed by atoms with Crippen LogP contribution in [0.1, 0.15) is 18.1 Å². The van der Waals surface area contributed by atoms with Crippen molar-refractivity contribution in [1.29, 1.82) is 0 Å². The van der Waals surface area contributed by atoms with Gasteiger partial charge in [-0.15, -0.1) is 0 Å². The number of aromatic nitrogens is 2. The SMILES string of the molecule is CCOc1cccc(/C=N\Nc2nc3ccc(C)cc3[nH]2)c1OC. The van der Waals surface area contributed by atoms with Crippen LogP contribution in [0, 0.1) is 6.92 Å². The largest absolute Gasteiger partial charge is 0.492 e. The summed E-state index contributed by atoms with van der Waals surface area (Å²) in [7, 11) is 1.62. The number of hydrogen-bond acceptors (Lipinski definition) is 5. The molecule has 24 heavy (non-hydrogen) atoms. The summed E-state index contributed by atoms with van der Waals surface area (Å²) in [5, 5.41) is 4.24. The molecule has 0 unspecified atom stereocenters. The molecule has 0 aliphatic carbocycles. The van der Waals surface area contributed by atoms with Gasteiger partial charge in [-0.05, 0) is 43.7 Å². The van der Waals surface area contributed by atoms with Crippen molar-refractivity contribution in [3.63, 3.8) is 0 Å². The number of para-hydroxylation sites is 1. The van der Waals surface area contributed by atoms with Crippen LogP contribution in [0.5, 0.6) is 11.5 Å². The number of methoxy groups -OCH3 is 1. The maximum Gasteiger partial charge on any atom is 0.222 e. The van der Waals surface area contributed by atoms with Crippen LogP contribution in [0.3, 0.4) is 0 Å². The summed E-state index contributed by atoms with van der Waals surface area (Å²) in [5.74, 6) is 1.94. The van der Waals surface area contributed by atoms with Crippen LogP contribution in [0.2, 0.25) is 0 Å². The third kappa shape index (κ3) is 3.32. The van der Waals surface area contributed by atoms with E-state index in [4.69, 9.17) is 9.47 Å². The topological polar surface area (TPSA) is 71.5 Å². The minimum Gasteiger partial charge on any atom is -0.492 e. The van der Waals surface area contributed by atoms with E-state index in [1.807, 2.05) is 50.2 Å². The van der Waals surface area contributed by atoms with E-state index in [-0.39, 0.29) is 0 Å². The monoisotopic (exact) mass is 324 g/mol. The van der Waals surface area contributed by atoms with Gasteiger partial charge in [0, 0.05) is 5.56 Å². The maximum atomic E-state index is 5.56. The van der Waals surface area contributed by atoms with E-state index in [9.17, 15) is 0 Å². The molecule has 3 rings (SSSR count). The first-order chi connectivity index (χ1) is 11.7. The Bertz CT molecular complexity index is 871. The van der Waals surface area contributed by atoms with Gasteiger partial charge in [-0.2, -0.15) is 5.10 Å². The summed E-state index contributed by atoms with van der Waals surface area (Å²) >= 11 is 0. The van der Waals surface area contributed by atoms with E-state index >= 15 is 0 Å². The molecule has 124 valence electrons. The number of aromatic amines is 1. The lowest BCUT2D eigenvalue weighted by atomic mass is 10.2. The second-order valence-corrected chi connectivity index (χ2v) is 5.29. The molecule has 0 radical (unpaired) electrons. The molecule has 1 aromatic heterocycles. The molecule has 2 N–H and O–H groups in total. The van der Waals surface area contributed by atoms with Crippen molar-refractivity contribution in [3.8, 4) is 11.5 Å². The molecule has 0 saturated heterocycles. The molecule has 6 heteroatoms. The molecule has 2 aromatic carbocycles. The summed E-state index contributed by atoms with van der Waals surface area (Å²) < 4.78 is 11.0. The lowest BCUT2D eigenvalue weighted by molar-refractivity contribution is 0.311. The van der Waals surface area contributed by atoms with Crippen molar-refractivity contribution < 1.29 is 9.47 Å². The van der Waals surface area contributed by atoms with Crippen molar-refractivity contribution in [3.05, 3.63) is 47.5 Å². The Labute approximate surface area is 140 Å². The van der Waals surface area contributed by atoms with Crippen molar-refractivity contribution in [1.82, 2.24) is 9.97 Å². The molecule has 0 amide bonds. The molecule has 0 saturated carbocycles. The van der Waals surface area contributed by atoms with Crippen LogP contribution in [-0.2, 0) is 0 Å². The zero-order chi connectivity index (χ0) is 16.9. The van der Waals surface area contributed by atoms with Gasteiger partial charge < -0.3 is 14.5 Å². The molecule has 6 nitrogen and oxygen atoms in total. The zero-order valence-electron chi connectivity index (χ0n) is 14.0. The number of fused-ring (bicyclic) bond motifs is 1. The standard InChI is InChI=1S/C18H20N4O2/c1-4-24-16-7-5-6-13(17(16)23-3)11-19-22-18-20-14-9-8-12(2)10-15(14)21-18/h5-11H,4H2,1-3H3,(H2,20,21,22)/b19-11-. The predicted molar refractivity (Wildman–Crippen MR) is 96.2 cm³/mol. The second-order valence-electron chi connectivity index (χ2n) is 5.29. The Morgan fingerprint density at radius 1 is 1.29 bits per heavy atom. The van der Waals surface area contributed by atoms with Crippen molar-refractivity contribution >= 4 is 23.2 Å². The highest BCUT2D eigenvalue weighted by atomic mass is 16.5. The van der Waals surface area contributed by atoms with Gasteiger partial charge in [0.2, 0.25) is 5.95 Å². The molecular formula is C18H20N4O2. The zero-order valence-corrected chi connectivity index (χ0v) is 14.0. The molecule has 0 aliphatic heterocycles. The molecule has 0 atom stereocenters. The minimum atomic E-state index is 0.577. The van der Waals surface area contributed by atoms with Gasteiger partial charge in [-0.3, -0.25) is 0 Å². The van der Waals surface area contributed by atoms with Crippen LogP contribution in [0.15, 0.2) is 41.5 Å². The predicted octanol–water partition coefficient (Wildman–Crippen LogP) is 3.72. The number of anilines is 1. The first kappa shape index (κ1) is 15.9. The number of aryl methyl sites for hydroxylation is 1. The number of rotatable bonds is 6. The van der Waals surface area contributed by atoms with Crippen LogP contribution < -0.4 is 14.9 Å². The lowest BCUT2D eigenvalue weighted by Crippen LogP contribution is -1.99. The highest BCUT2D eigenvalue weighted by Crippen LogP contribution is 2.29. The third-order valence-electron chi connectivity index (χ3n) is 3.52. The highest BCUT2D eigenvalue weighted by Gasteiger charge is 2.08. The Hall–Kier alpha value is -3.02. The van der Waals surface area contributed by atoms with E-state index in [1.165, 1.54) is 5.56 Å². The van der Waals surface area contributed by atoms with Crippen molar-refractivity contribution in [2.24, 2.45) is 5.10 Å². The molecule has 1 heterocycles. The number of hydrogen-bond donors (Lipinski definition) is 2. The second kappa shape index (κ2) is 7.04. The van der Waals surface area contributed by atoms with Gasteiger partial charge in [-0.25, -0.2) is 10.4 Å². The van der Waals surface area contributed by atoms with Gasteiger partial charge in [0.1, 0.15) is 0 Å². The molecule has 0 spiro atoms. The number of nitrogens with one attached hydrogen (secondary N) is 2. The molecule has 0 bridgehead atoms. The fourth-order valence-corrected chi connectivity index (χ4v) is 2.46. The maximum absolute atomic E-state index is 5.56. The number of benzene rings is 2. The number of nitrogens with zero attached hydrogens (tertiary/aromatic N) is 2. The minimum absolute atomic E-state index is 0.577. The van der Waals surface area contributed by atoms with Gasteiger partial charge in [0.05, 0.1) is 31.0 Å². The van der Waals surface area contributed by atoms with E-state index < -0.39 is 0 Å². The summed E-state index contributed by atoms with van der Waals surface area (Å²) in [5.41, 5.74) is 6.79.